The molecule has 0 saturated carbocycles. The maximum absolute atomic E-state index is 12.4. The number of hydrogen-bond donors (Lipinski definition) is 0. The predicted molar refractivity (Wildman–Crippen MR) is 49.9 cm³/mol. The van der Waals surface area contributed by atoms with Crippen molar-refractivity contribution < 1.29 is 22.7 Å². The molecule has 0 unspecified atom stereocenters. The molecule has 0 saturated heterocycles. The van der Waals surface area contributed by atoms with Crippen LogP contribution in [0.15, 0.2) is 12.1 Å². The van der Waals surface area contributed by atoms with E-state index in [1.165, 1.54) is 19.2 Å². The fourth-order valence-corrected chi connectivity index (χ4v) is 1.33. The number of nitrogens with zero attached hydrogens (tertiary/aromatic N) is 3. The lowest BCUT2D eigenvalue weighted by molar-refractivity contribution is -0.144. The summed E-state index contributed by atoms with van der Waals surface area (Å²) in [6.45, 7) is 0. The van der Waals surface area contributed by atoms with E-state index < -0.39 is 12.0 Å². The summed E-state index contributed by atoms with van der Waals surface area (Å²) >= 11 is 0. The highest BCUT2D eigenvalue weighted by Gasteiger charge is 2.36. The van der Waals surface area contributed by atoms with Gasteiger partial charge in [-0.25, -0.2) is 4.98 Å². The van der Waals surface area contributed by atoms with E-state index >= 15 is 0 Å². The topological polar surface area (TPSA) is 56.5 Å². The molecule has 0 aromatic carbocycles. The number of carbonyl (C=O) groups excluding carboxylic acids is 1. The first-order valence-electron chi connectivity index (χ1n) is 4.43. The molecule has 0 spiro atoms. The number of hydrogen-bond acceptors (Lipinski definition) is 4. The number of ether oxygens (including phenoxy) is 1. The molecule has 5 nitrogen and oxygen atoms in total. The molecule has 0 aliphatic heterocycles. The Bertz CT molecular complexity index is 577. The van der Waals surface area contributed by atoms with Crippen LogP contribution in [0.25, 0.3) is 5.65 Å². The predicted octanol–water partition coefficient (Wildman–Crippen LogP) is 1.57. The van der Waals surface area contributed by atoms with Crippen molar-refractivity contribution in [3.63, 3.8) is 0 Å². The molecule has 17 heavy (non-hydrogen) atoms. The number of pyridine rings is 1. The third kappa shape index (κ3) is 1.81. The Morgan fingerprint density at radius 3 is 2.65 bits per heavy atom. The van der Waals surface area contributed by atoms with Gasteiger partial charge in [0.25, 0.3) is 5.82 Å². The van der Waals surface area contributed by atoms with Gasteiger partial charge in [0.1, 0.15) is 0 Å². The van der Waals surface area contributed by atoms with E-state index in [0.29, 0.717) is 6.29 Å². The van der Waals surface area contributed by atoms with Crippen LogP contribution in [-0.2, 0) is 6.18 Å². The molecule has 0 atom stereocenters. The van der Waals surface area contributed by atoms with Gasteiger partial charge < -0.3 is 4.74 Å². The molecule has 0 radical (unpaired) electrons. The summed E-state index contributed by atoms with van der Waals surface area (Å²) in [6.07, 6.45) is -4.26. The van der Waals surface area contributed by atoms with Crippen molar-refractivity contribution in [2.45, 2.75) is 6.18 Å². The Kier molecular flexibility index (Phi) is 2.49. The zero-order valence-electron chi connectivity index (χ0n) is 8.52. The van der Waals surface area contributed by atoms with Crippen LogP contribution in [0.3, 0.4) is 0 Å². The third-order valence-corrected chi connectivity index (χ3v) is 2.07. The lowest BCUT2D eigenvalue weighted by Crippen LogP contribution is -2.07. The number of aromatic nitrogens is 3. The molecule has 2 rings (SSSR count). The highest BCUT2D eigenvalue weighted by atomic mass is 19.4. The van der Waals surface area contributed by atoms with Gasteiger partial charge >= 0.3 is 6.18 Å². The first-order valence-corrected chi connectivity index (χ1v) is 4.43. The number of fused-ring (bicyclic) bond motifs is 1. The van der Waals surface area contributed by atoms with Crippen LogP contribution < -0.4 is 4.74 Å². The summed E-state index contributed by atoms with van der Waals surface area (Å²) in [5, 5.41) is 3.26. The van der Waals surface area contributed by atoms with Gasteiger partial charge in [0.15, 0.2) is 11.9 Å². The van der Waals surface area contributed by atoms with E-state index in [0.717, 1.165) is 4.52 Å². The largest absolute Gasteiger partial charge is 0.481 e. The summed E-state index contributed by atoms with van der Waals surface area (Å²) in [4.78, 5) is 14.0. The molecule has 2 aromatic heterocycles. The third-order valence-electron chi connectivity index (χ3n) is 2.07. The smallest absolute Gasteiger partial charge is 0.453 e. The van der Waals surface area contributed by atoms with Crippen molar-refractivity contribution >= 4 is 11.9 Å². The molecular formula is C9H6F3N3O2. The van der Waals surface area contributed by atoms with E-state index in [4.69, 9.17) is 4.74 Å². The van der Waals surface area contributed by atoms with Crippen LogP contribution in [0, 0.1) is 0 Å². The Morgan fingerprint density at radius 2 is 2.12 bits per heavy atom. The number of alkyl halides is 3. The molecule has 0 aliphatic rings. The quantitative estimate of drug-likeness (QED) is 0.753. The van der Waals surface area contributed by atoms with Gasteiger partial charge in [-0.05, 0) is 6.07 Å². The molecule has 90 valence electrons. The van der Waals surface area contributed by atoms with Gasteiger partial charge in [0, 0.05) is 6.07 Å². The molecule has 0 amide bonds. The number of carbonyl (C=O) groups is 1. The van der Waals surface area contributed by atoms with Gasteiger partial charge in [0.2, 0.25) is 5.88 Å². The summed E-state index contributed by atoms with van der Waals surface area (Å²) in [5.74, 6) is -1.25. The average Bonchev–Trinajstić information content (AvgIpc) is 2.72. The lowest BCUT2D eigenvalue weighted by Gasteiger charge is -2.02. The fourth-order valence-electron chi connectivity index (χ4n) is 1.33. The van der Waals surface area contributed by atoms with E-state index in [2.05, 4.69) is 10.1 Å². The zero-order valence-corrected chi connectivity index (χ0v) is 8.52. The van der Waals surface area contributed by atoms with Crippen LogP contribution in [0.4, 0.5) is 13.2 Å². The Labute approximate surface area is 92.8 Å². The van der Waals surface area contributed by atoms with Crippen LogP contribution in [-0.4, -0.2) is 28.0 Å². The Balaban J connectivity index is 2.77. The van der Waals surface area contributed by atoms with Crippen LogP contribution >= 0.6 is 0 Å². The molecule has 0 N–H and O–H groups in total. The summed E-state index contributed by atoms with van der Waals surface area (Å²) in [7, 11) is 1.28. The first kappa shape index (κ1) is 11.4. The Hall–Kier alpha value is -2.12. The minimum absolute atomic E-state index is 0.00815. The monoisotopic (exact) mass is 245 g/mol. The number of methoxy groups -OCH3 is 1. The van der Waals surface area contributed by atoms with Crippen LogP contribution in [0.2, 0.25) is 0 Å². The average molecular weight is 245 g/mol. The van der Waals surface area contributed by atoms with E-state index in [1.54, 1.807) is 0 Å². The van der Waals surface area contributed by atoms with Gasteiger partial charge in [-0.3, -0.25) is 4.79 Å². The van der Waals surface area contributed by atoms with E-state index in [9.17, 15) is 18.0 Å². The normalized spacial score (nSPS) is 11.8. The lowest BCUT2D eigenvalue weighted by atomic mass is 10.3. The molecular weight excluding hydrogens is 239 g/mol. The number of aldehydes is 1. The van der Waals surface area contributed by atoms with Gasteiger partial charge in [-0.1, -0.05) is 0 Å². The molecule has 0 bridgehead atoms. The van der Waals surface area contributed by atoms with E-state index in [-0.39, 0.29) is 17.1 Å². The standard InChI is InChI=1S/C9H6F3N3O2/c1-17-6-3-2-5(4-16)7-13-8(9(10,11)12)14-15(6)7/h2-4H,1H3. The van der Waals surface area contributed by atoms with Gasteiger partial charge in [-0.15, -0.1) is 5.10 Å². The van der Waals surface area contributed by atoms with Crippen molar-refractivity contribution in [1.82, 2.24) is 14.6 Å². The second kappa shape index (κ2) is 3.72. The highest BCUT2D eigenvalue weighted by Crippen LogP contribution is 2.28. The fraction of sp³-hybridized carbons (Fsp3) is 0.222. The zero-order chi connectivity index (χ0) is 12.6. The van der Waals surface area contributed by atoms with Crippen LogP contribution in [0.5, 0.6) is 5.88 Å². The number of halogens is 3. The van der Waals surface area contributed by atoms with Crippen LogP contribution in [0.1, 0.15) is 16.2 Å². The number of rotatable bonds is 2. The summed E-state index contributed by atoms with van der Waals surface area (Å²) < 4.78 is 43.0. The minimum Gasteiger partial charge on any atom is -0.481 e. The van der Waals surface area contributed by atoms with Gasteiger partial charge in [0.05, 0.1) is 12.7 Å². The second-order valence-corrected chi connectivity index (χ2v) is 3.12. The van der Waals surface area contributed by atoms with Crippen molar-refractivity contribution in [3.05, 3.63) is 23.5 Å². The summed E-state index contributed by atoms with van der Waals surface area (Å²) in [5.41, 5.74) is -0.180. The second-order valence-electron chi connectivity index (χ2n) is 3.12. The maximum atomic E-state index is 12.4. The highest BCUT2D eigenvalue weighted by molar-refractivity contribution is 5.84. The maximum Gasteiger partial charge on any atom is 0.453 e. The molecule has 2 heterocycles. The van der Waals surface area contributed by atoms with Crippen molar-refractivity contribution in [2.24, 2.45) is 0 Å². The molecule has 8 heteroatoms. The van der Waals surface area contributed by atoms with Gasteiger partial charge in [-0.2, -0.15) is 17.7 Å². The molecule has 0 aliphatic carbocycles. The first-order chi connectivity index (χ1) is 7.97. The molecule has 0 fully saturated rings. The summed E-state index contributed by atoms with van der Waals surface area (Å²) in [6, 6.07) is 2.65. The minimum atomic E-state index is -4.67. The van der Waals surface area contributed by atoms with Crippen molar-refractivity contribution in [2.75, 3.05) is 7.11 Å². The SMILES string of the molecule is COc1ccc(C=O)c2nc(C(F)(F)F)nn12. The molecule has 2 aromatic rings. The van der Waals surface area contributed by atoms with Crippen molar-refractivity contribution in [3.8, 4) is 5.88 Å². The van der Waals surface area contributed by atoms with E-state index in [1.807, 2.05) is 0 Å². The Morgan fingerprint density at radius 1 is 1.41 bits per heavy atom. The van der Waals surface area contributed by atoms with Crippen molar-refractivity contribution in [1.29, 1.82) is 0 Å².